The number of halogens is 1. The Labute approximate surface area is 243 Å². The van der Waals surface area contributed by atoms with E-state index in [4.69, 9.17) is 18.5 Å². The number of hydrogen-bond donors (Lipinski definition) is 3. The Morgan fingerprint density at radius 3 is 2.45 bits per heavy atom. The third kappa shape index (κ3) is 7.26. The van der Waals surface area contributed by atoms with E-state index in [1.165, 1.54) is 18.0 Å². The molecule has 4 rings (SSSR count). The number of nitrogens with zero attached hydrogens (tertiary/aromatic N) is 1. The minimum Gasteiger partial charge on any atom is -0.462 e. The maximum atomic E-state index is 15.7. The summed E-state index contributed by atoms with van der Waals surface area (Å²) >= 11 is 0. The quantitative estimate of drug-likeness (QED) is 0.255. The molecule has 6 atom stereocenters. The summed E-state index contributed by atoms with van der Waals surface area (Å²) < 4.78 is 52.0. The van der Waals surface area contributed by atoms with Crippen molar-refractivity contribution in [1.29, 1.82) is 0 Å². The minimum atomic E-state index is -4.34. The molecule has 0 bridgehead atoms. The van der Waals surface area contributed by atoms with Crippen molar-refractivity contribution in [1.82, 2.24) is 15.3 Å². The summed E-state index contributed by atoms with van der Waals surface area (Å²) in [6.07, 6.45) is -2.38. The predicted molar refractivity (Wildman–Crippen MR) is 152 cm³/mol. The molecule has 1 unspecified atom stereocenters. The topological polar surface area (TPSA) is 136 Å². The summed E-state index contributed by atoms with van der Waals surface area (Å²) in [4.78, 5) is 25.3. The summed E-state index contributed by atoms with van der Waals surface area (Å²) in [6, 6.07) is 15.2. The standard InChI is InChI=1S/C29H35FN3O8P/c1-18(2)39-27(36)19(3)32-42(37,41-23-13-11-22(12-14-23)21-9-7-6-8-10-21)38-17-24-26(35)29(5,30)28(40-24)33-16-15-25(34)31-20(33)4/h6-16,18-19,24,26,28,35H,4,17H2,1-3,5H3,(H,31,34)(H,32,37)/t19-,24+,26+,28+,29+,42?/m0/s1. The van der Waals surface area contributed by atoms with Gasteiger partial charge in [0.05, 0.1) is 12.7 Å². The summed E-state index contributed by atoms with van der Waals surface area (Å²) in [5.41, 5.74) is -0.488. The van der Waals surface area contributed by atoms with Gasteiger partial charge in [0.2, 0.25) is 0 Å². The average molecular weight is 604 g/mol. The van der Waals surface area contributed by atoms with Crippen LogP contribution in [0, 0.1) is 0 Å². The molecule has 1 fully saturated rings. The van der Waals surface area contributed by atoms with Gasteiger partial charge >= 0.3 is 13.7 Å². The molecule has 0 aliphatic carbocycles. The summed E-state index contributed by atoms with van der Waals surface area (Å²) in [5, 5.41) is 15.8. The lowest BCUT2D eigenvalue weighted by atomic mass is 9.98. The number of nitrogens with one attached hydrogen (secondary N) is 2. The van der Waals surface area contributed by atoms with Crippen LogP contribution in [0.2, 0.25) is 0 Å². The number of alkyl halides is 1. The predicted octanol–water partition coefficient (Wildman–Crippen LogP) is 4.02. The highest BCUT2D eigenvalue weighted by atomic mass is 31.2. The Kier molecular flexibility index (Phi) is 9.54. The molecule has 2 heterocycles. The van der Waals surface area contributed by atoms with E-state index in [1.54, 1.807) is 38.1 Å². The molecule has 0 radical (unpaired) electrons. The second kappa shape index (κ2) is 12.8. The van der Waals surface area contributed by atoms with Crippen molar-refractivity contribution in [3.63, 3.8) is 0 Å². The van der Waals surface area contributed by atoms with Gasteiger partial charge in [-0.25, -0.2) is 8.96 Å². The summed E-state index contributed by atoms with van der Waals surface area (Å²) in [7, 11) is -4.34. The average Bonchev–Trinajstić information content (AvgIpc) is 3.16. The molecule has 0 spiro atoms. The van der Waals surface area contributed by atoms with Crippen LogP contribution in [0.3, 0.4) is 0 Å². The first-order chi connectivity index (χ1) is 19.8. The van der Waals surface area contributed by atoms with Crippen LogP contribution in [0.4, 0.5) is 4.39 Å². The monoisotopic (exact) mass is 603 g/mol. The van der Waals surface area contributed by atoms with E-state index in [0.717, 1.165) is 24.1 Å². The fourth-order valence-corrected chi connectivity index (χ4v) is 5.92. The number of aliphatic hydroxyl groups is 1. The smallest absolute Gasteiger partial charge is 0.459 e. The Morgan fingerprint density at radius 2 is 1.83 bits per heavy atom. The van der Waals surface area contributed by atoms with Gasteiger partial charge in [0.1, 0.15) is 29.8 Å². The zero-order chi connectivity index (χ0) is 30.7. The number of amides is 1. The Bertz CT molecular complexity index is 1370. The van der Waals surface area contributed by atoms with Crippen molar-refractivity contribution < 1.29 is 42.2 Å². The van der Waals surface area contributed by atoms with Crippen LogP contribution in [0.15, 0.2) is 79.3 Å². The highest BCUT2D eigenvalue weighted by Crippen LogP contribution is 2.47. The van der Waals surface area contributed by atoms with Gasteiger partial charge in [-0.3, -0.25) is 14.1 Å². The fourth-order valence-electron chi connectivity index (χ4n) is 4.42. The number of aliphatic hydroxyl groups excluding tert-OH is 1. The molecule has 2 aromatic rings. The Balaban J connectivity index is 1.52. The van der Waals surface area contributed by atoms with Gasteiger partial charge in [-0.2, -0.15) is 5.09 Å². The van der Waals surface area contributed by atoms with E-state index in [2.05, 4.69) is 17.0 Å². The number of hydrogen-bond acceptors (Lipinski definition) is 9. The Morgan fingerprint density at radius 1 is 1.19 bits per heavy atom. The molecule has 11 nitrogen and oxygen atoms in total. The summed E-state index contributed by atoms with van der Waals surface area (Å²) in [5.74, 6) is -0.914. The van der Waals surface area contributed by atoms with Crippen LogP contribution in [0.1, 0.15) is 27.7 Å². The molecule has 1 saturated heterocycles. The van der Waals surface area contributed by atoms with E-state index in [-0.39, 0.29) is 11.6 Å². The van der Waals surface area contributed by atoms with Gasteiger partial charge in [-0.15, -0.1) is 0 Å². The molecule has 0 saturated carbocycles. The van der Waals surface area contributed by atoms with Gasteiger partial charge in [0.15, 0.2) is 11.9 Å². The third-order valence-corrected chi connectivity index (χ3v) is 8.23. The fraction of sp³-hybridized carbons (Fsp3) is 0.379. The molecule has 0 aromatic heterocycles. The number of esters is 1. The van der Waals surface area contributed by atoms with Crippen molar-refractivity contribution in [3.8, 4) is 16.9 Å². The molecule has 42 heavy (non-hydrogen) atoms. The highest BCUT2D eigenvalue weighted by Gasteiger charge is 2.57. The second-order valence-corrected chi connectivity index (χ2v) is 12.1. The first-order valence-electron chi connectivity index (χ1n) is 13.4. The number of carbonyl (C=O) groups is 2. The molecule has 1 amide bonds. The number of rotatable bonds is 11. The molecule has 13 heteroatoms. The van der Waals surface area contributed by atoms with Crippen LogP contribution >= 0.6 is 7.75 Å². The van der Waals surface area contributed by atoms with Crippen LogP contribution < -0.4 is 14.9 Å². The van der Waals surface area contributed by atoms with Crippen molar-refractivity contribution in [3.05, 3.63) is 79.3 Å². The third-order valence-electron chi connectivity index (χ3n) is 6.59. The van der Waals surface area contributed by atoms with Crippen molar-refractivity contribution in [2.75, 3.05) is 6.61 Å². The second-order valence-electron chi connectivity index (χ2n) is 10.4. The van der Waals surface area contributed by atoms with Crippen molar-refractivity contribution in [2.45, 2.75) is 63.9 Å². The zero-order valence-corrected chi connectivity index (χ0v) is 24.6. The minimum absolute atomic E-state index is 0.0530. The number of ether oxygens (including phenoxy) is 2. The van der Waals surface area contributed by atoms with Gasteiger partial charge < -0.3 is 29.3 Å². The van der Waals surface area contributed by atoms with E-state index < -0.39 is 62.5 Å². The maximum absolute atomic E-state index is 15.7. The molecule has 3 N–H and O–H groups in total. The molecular formula is C29H35FN3O8P. The van der Waals surface area contributed by atoms with E-state index in [0.29, 0.717) is 0 Å². The van der Waals surface area contributed by atoms with E-state index in [1.807, 2.05) is 30.3 Å². The normalized spacial score (nSPS) is 26.1. The maximum Gasteiger partial charge on any atom is 0.459 e. The highest BCUT2D eigenvalue weighted by molar-refractivity contribution is 7.52. The Hall–Kier alpha value is -3.54. The lowest BCUT2D eigenvalue weighted by molar-refractivity contribution is -0.149. The molecule has 2 aliphatic rings. The van der Waals surface area contributed by atoms with Crippen LogP contribution in [-0.2, 0) is 28.2 Å². The lowest BCUT2D eigenvalue weighted by Crippen LogP contribution is -2.51. The lowest BCUT2D eigenvalue weighted by Gasteiger charge is -2.35. The number of benzene rings is 2. The molecule has 226 valence electrons. The SMILES string of the molecule is C=C1NC(=O)C=CN1[C@@H]1O[C@H](COP(=O)(N[C@@H](C)C(=O)OC(C)C)Oc2ccc(-c3ccccc3)cc2)[C@@H](O)[C@@]1(C)F. The van der Waals surface area contributed by atoms with Gasteiger partial charge in [0, 0.05) is 12.3 Å². The van der Waals surface area contributed by atoms with E-state index >= 15 is 4.39 Å². The molecular weight excluding hydrogens is 568 g/mol. The van der Waals surface area contributed by atoms with E-state index in [9.17, 15) is 19.3 Å². The first-order valence-corrected chi connectivity index (χ1v) is 14.9. The largest absolute Gasteiger partial charge is 0.462 e. The van der Waals surface area contributed by atoms with Gasteiger partial charge in [-0.1, -0.05) is 49.0 Å². The van der Waals surface area contributed by atoms with Crippen LogP contribution in [-0.4, -0.2) is 64.7 Å². The first kappa shape index (κ1) is 31.4. The van der Waals surface area contributed by atoms with Gasteiger partial charge in [0.25, 0.3) is 5.91 Å². The van der Waals surface area contributed by atoms with Crippen LogP contribution in [0.25, 0.3) is 11.1 Å². The molecule has 2 aromatic carbocycles. The number of carbonyl (C=O) groups excluding carboxylic acids is 2. The zero-order valence-electron chi connectivity index (χ0n) is 23.7. The van der Waals surface area contributed by atoms with Crippen molar-refractivity contribution >= 4 is 19.6 Å². The van der Waals surface area contributed by atoms with Crippen LogP contribution in [0.5, 0.6) is 5.75 Å². The molecule has 2 aliphatic heterocycles. The van der Waals surface area contributed by atoms with Gasteiger partial charge in [-0.05, 0) is 51.0 Å². The van der Waals surface area contributed by atoms with Crippen molar-refractivity contribution in [2.24, 2.45) is 0 Å². The summed E-state index contributed by atoms with van der Waals surface area (Å²) in [6.45, 7) is 9.03.